The van der Waals surface area contributed by atoms with E-state index in [-0.39, 0.29) is 12.1 Å². The molecule has 4 N–H and O–H groups in total. The molecule has 15 heavy (non-hydrogen) atoms. The maximum absolute atomic E-state index is 6.22. The van der Waals surface area contributed by atoms with Gasteiger partial charge in [0.25, 0.3) is 0 Å². The Balaban J connectivity index is 2.23. The molecule has 0 aliphatic heterocycles. The van der Waals surface area contributed by atoms with Crippen molar-refractivity contribution < 1.29 is 0 Å². The third-order valence-electron chi connectivity index (χ3n) is 3.43. The van der Waals surface area contributed by atoms with Gasteiger partial charge in [-0.15, -0.1) is 0 Å². The van der Waals surface area contributed by atoms with E-state index in [2.05, 4.69) is 24.3 Å². The van der Waals surface area contributed by atoms with Crippen molar-refractivity contribution in [1.29, 1.82) is 0 Å². The molecule has 0 bridgehead atoms. The molecule has 2 heteroatoms. The van der Waals surface area contributed by atoms with Gasteiger partial charge < -0.3 is 11.5 Å². The zero-order chi connectivity index (χ0) is 10.7. The molecule has 1 fully saturated rings. The first-order valence-corrected chi connectivity index (χ1v) is 5.85. The van der Waals surface area contributed by atoms with Crippen LogP contribution in [0.1, 0.15) is 37.2 Å². The second-order valence-electron chi connectivity index (χ2n) is 4.55. The summed E-state index contributed by atoms with van der Waals surface area (Å²) in [7, 11) is 0. The third kappa shape index (κ3) is 2.39. The lowest BCUT2D eigenvalue weighted by Gasteiger charge is -2.27. The standard InChI is InChI=1S/C13H20N2/c14-11-8-4-5-9-12(15)13(11)10-6-2-1-3-7-10/h1-3,6-7,11-13H,4-5,8-9,14-15H2. The fourth-order valence-corrected chi connectivity index (χ4v) is 2.61. The Morgan fingerprint density at radius 1 is 0.867 bits per heavy atom. The average Bonchev–Trinajstić information content (AvgIpc) is 2.41. The second kappa shape index (κ2) is 4.77. The van der Waals surface area contributed by atoms with Crippen LogP contribution in [-0.4, -0.2) is 12.1 Å². The van der Waals surface area contributed by atoms with Crippen LogP contribution in [-0.2, 0) is 0 Å². The average molecular weight is 204 g/mol. The van der Waals surface area contributed by atoms with Gasteiger partial charge in [-0.3, -0.25) is 0 Å². The van der Waals surface area contributed by atoms with E-state index >= 15 is 0 Å². The fraction of sp³-hybridized carbons (Fsp3) is 0.538. The van der Waals surface area contributed by atoms with Crippen molar-refractivity contribution in [2.45, 2.75) is 43.7 Å². The molecule has 0 heterocycles. The Hall–Kier alpha value is -0.860. The SMILES string of the molecule is NC1CCCCC(N)C1c1ccccc1. The highest BCUT2D eigenvalue weighted by atomic mass is 14.7. The molecule has 2 nitrogen and oxygen atoms in total. The van der Waals surface area contributed by atoms with Crippen molar-refractivity contribution >= 4 is 0 Å². The van der Waals surface area contributed by atoms with Crippen molar-refractivity contribution in [3.05, 3.63) is 35.9 Å². The number of rotatable bonds is 1. The van der Waals surface area contributed by atoms with Gasteiger partial charge in [0.15, 0.2) is 0 Å². The predicted octanol–water partition coefficient (Wildman–Crippen LogP) is 2.00. The normalized spacial score (nSPS) is 32.3. The molecule has 2 rings (SSSR count). The van der Waals surface area contributed by atoms with E-state index in [4.69, 9.17) is 11.5 Å². The third-order valence-corrected chi connectivity index (χ3v) is 3.43. The molecular formula is C13H20N2. The molecule has 1 aromatic carbocycles. The van der Waals surface area contributed by atoms with Crippen LogP contribution in [0.3, 0.4) is 0 Å². The van der Waals surface area contributed by atoms with Gasteiger partial charge in [-0.2, -0.15) is 0 Å². The lowest BCUT2D eigenvalue weighted by Crippen LogP contribution is -2.39. The van der Waals surface area contributed by atoms with E-state index in [9.17, 15) is 0 Å². The number of hydrogen-bond acceptors (Lipinski definition) is 2. The van der Waals surface area contributed by atoms with E-state index in [1.54, 1.807) is 0 Å². The van der Waals surface area contributed by atoms with Gasteiger partial charge in [-0.25, -0.2) is 0 Å². The van der Waals surface area contributed by atoms with Gasteiger partial charge in [0.2, 0.25) is 0 Å². The van der Waals surface area contributed by atoms with Crippen molar-refractivity contribution in [1.82, 2.24) is 0 Å². The first-order chi connectivity index (χ1) is 7.29. The van der Waals surface area contributed by atoms with Crippen LogP contribution in [0.25, 0.3) is 0 Å². The molecule has 1 aliphatic rings. The first-order valence-electron chi connectivity index (χ1n) is 5.85. The molecule has 0 saturated heterocycles. The van der Waals surface area contributed by atoms with Crippen LogP contribution in [0.4, 0.5) is 0 Å². The van der Waals surface area contributed by atoms with E-state index in [1.807, 2.05) is 6.07 Å². The highest BCUT2D eigenvalue weighted by Crippen LogP contribution is 2.29. The number of benzene rings is 1. The molecule has 2 unspecified atom stereocenters. The molecule has 1 saturated carbocycles. The van der Waals surface area contributed by atoms with Gasteiger partial charge in [0.05, 0.1) is 0 Å². The summed E-state index contributed by atoms with van der Waals surface area (Å²) < 4.78 is 0. The highest BCUT2D eigenvalue weighted by molar-refractivity contribution is 5.23. The minimum absolute atomic E-state index is 0.227. The number of hydrogen-bond donors (Lipinski definition) is 2. The Kier molecular flexibility index (Phi) is 3.39. The molecule has 0 spiro atoms. The monoisotopic (exact) mass is 204 g/mol. The topological polar surface area (TPSA) is 52.0 Å². The van der Waals surface area contributed by atoms with Gasteiger partial charge in [0, 0.05) is 18.0 Å². The zero-order valence-electron chi connectivity index (χ0n) is 9.10. The Morgan fingerprint density at radius 3 is 1.93 bits per heavy atom. The molecule has 1 aromatic rings. The summed E-state index contributed by atoms with van der Waals surface area (Å²) in [6.45, 7) is 0. The van der Waals surface area contributed by atoms with Crippen molar-refractivity contribution in [2.75, 3.05) is 0 Å². The first kappa shape index (κ1) is 10.7. The van der Waals surface area contributed by atoms with E-state index in [1.165, 1.54) is 18.4 Å². The minimum Gasteiger partial charge on any atom is -0.327 e. The summed E-state index contributed by atoms with van der Waals surface area (Å²) in [6, 6.07) is 10.9. The molecule has 82 valence electrons. The van der Waals surface area contributed by atoms with Crippen molar-refractivity contribution in [3.8, 4) is 0 Å². The van der Waals surface area contributed by atoms with Gasteiger partial charge in [-0.1, -0.05) is 43.2 Å². The largest absolute Gasteiger partial charge is 0.327 e. The fourth-order valence-electron chi connectivity index (χ4n) is 2.61. The van der Waals surface area contributed by atoms with Crippen LogP contribution >= 0.6 is 0 Å². The highest BCUT2D eigenvalue weighted by Gasteiger charge is 2.27. The summed E-state index contributed by atoms with van der Waals surface area (Å²) in [5, 5.41) is 0. The van der Waals surface area contributed by atoms with Crippen LogP contribution in [0.5, 0.6) is 0 Å². The van der Waals surface area contributed by atoms with Crippen LogP contribution in [0, 0.1) is 0 Å². The summed E-state index contributed by atoms with van der Waals surface area (Å²) in [6.07, 6.45) is 4.65. The van der Waals surface area contributed by atoms with Gasteiger partial charge in [-0.05, 0) is 18.4 Å². The molecule has 0 aromatic heterocycles. The summed E-state index contributed by atoms with van der Waals surface area (Å²) in [5.41, 5.74) is 13.7. The van der Waals surface area contributed by atoms with E-state index in [0.29, 0.717) is 5.92 Å². The summed E-state index contributed by atoms with van der Waals surface area (Å²) in [4.78, 5) is 0. The minimum atomic E-state index is 0.227. The molecule has 1 aliphatic carbocycles. The second-order valence-corrected chi connectivity index (χ2v) is 4.55. The maximum Gasteiger partial charge on any atom is 0.0142 e. The van der Waals surface area contributed by atoms with E-state index in [0.717, 1.165) is 12.8 Å². The lowest BCUT2D eigenvalue weighted by molar-refractivity contribution is 0.451. The summed E-state index contributed by atoms with van der Waals surface area (Å²) >= 11 is 0. The lowest BCUT2D eigenvalue weighted by atomic mass is 9.85. The molecule has 2 atom stereocenters. The Labute approximate surface area is 91.7 Å². The molecule has 0 amide bonds. The van der Waals surface area contributed by atoms with Gasteiger partial charge in [0.1, 0.15) is 0 Å². The van der Waals surface area contributed by atoms with Crippen LogP contribution in [0.2, 0.25) is 0 Å². The smallest absolute Gasteiger partial charge is 0.0142 e. The Bertz CT molecular complexity index is 285. The van der Waals surface area contributed by atoms with Gasteiger partial charge >= 0.3 is 0 Å². The zero-order valence-corrected chi connectivity index (χ0v) is 9.10. The molecular weight excluding hydrogens is 184 g/mol. The number of nitrogens with two attached hydrogens (primary N) is 2. The Morgan fingerprint density at radius 2 is 1.40 bits per heavy atom. The molecule has 0 radical (unpaired) electrons. The predicted molar refractivity (Wildman–Crippen MR) is 63.6 cm³/mol. The van der Waals surface area contributed by atoms with Crippen molar-refractivity contribution in [2.24, 2.45) is 11.5 Å². The van der Waals surface area contributed by atoms with Crippen molar-refractivity contribution in [3.63, 3.8) is 0 Å². The van der Waals surface area contributed by atoms with Crippen LogP contribution < -0.4 is 11.5 Å². The quantitative estimate of drug-likeness (QED) is 0.687. The maximum atomic E-state index is 6.22. The van der Waals surface area contributed by atoms with Crippen LogP contribution in [0.15, 0.2) is 30.3 Å². The summed E-state index contributed by atoms with van der Waals surface area (Å²) in [5.74, 6) is 0.341. The van der Waals surface area contributed by atoms with E-state index < -0.39 is 0 Å².